The van der Waals surface area contributed by atoms with E-state index in [1.165, 1.54) is 0 Å². The summed E-state index contributed by atoms with van der Waals surface area (Å²) in [5, 5.41) is 7.97. The molecule has 0 aromatic heterocycles. The van der Waals surface area contributed by atoms with Gasteiger partial charge in [0.2, 0.25) is 0 Å². The van der Waals surface area contributed by atoms with E-state index in [4.69, 9.17) is 27.9 Å². The molecule has 0 atom stereocenters. The molecule has 1 heterocycles. The molecule has 0 spiro atoms. The number of morpholine rings is 1. The number of benzene rings is 1. The average molecular weight is 359 g/mol. The molecule has 1 saturated heterocycles. The van der Waals surface area contributed by atoms with Crippen molar-refractivity contribution in [2.45, 2.75) is 6.42 Å². The Morgan fingerprint density at radius 1 is 1.13 bits per heavy atom. The van der Waals surface area contributed by atoms with Gasteiger partial charge in [0.15, 0.2) is 5.96 Å². The van der Waals surface area contributed by atoms with Gasteiger partial charge in [0.1, 0.15) is 0 Å². The highest BCUT2D eigenvalue weighted by atomic mass is 35.5. The summed E-state index contributed by atoms with van der Waals surface area (Å²) in [6, 6.07) is 5.61. The minimum atomic E-state index is 0.667. The van der Waals surface area contributed by atoms with Crippen LogP contribution in [-0.2, 0) is 11.2 Å². The third kappa shape index (κ3) is 6.96. The fourth-order valence-electron chi connectivity index (χ4n) is 2.46. The van der Waals surface area contributed by atoms with E-state index in [2.05, 4.69) is 20.5 Å². The highest BCUT2D eigenvalue weighted by molar-refractivity contribution is 6.34. The first kappa shape index (κ1) is 18.3. The molecule has 1 aliphatic heterocycles. The summed E-state index contributed by atoms with van der Waals surface area (Å²) in [6.45, 7) is 6.29. The van der Waals surface area contributed by atoms with Crippen LogP contribution in [0.25, 0.3) is 0 Å². The Hall–Kier alpha value is -1.01. The molecule has 1 fully saturated rings. The SMILES string of the molecule is CN=C(NCCc1cc(Cl)cc(Cl)c1)NCCN1CCOCC1. The molecule has 2 rings (SSSR count). The number of hydrogen-bond acceptors (Lipinski definition) is 3. The van der Waals surface area contributed by atoms with E-state index in [0.29, 0.717) is 10.0 Å². The van der Waals surface area contributed by atoms with Gasteiger partial charge in [0.25, 0.3) is 0 Å². The topological polar surface area (TPSA) is 48.9 Å². The Balaban J connectivity index is 1.66. The van der Waals surface area contributed by atoms with Crippen LogP contribution < -0.4 is 10.6 Å². The molecule has 1 aromatic carbocycles. The van der Waals surface area contributed by atoms with E-state index < -0.39 is 0 Å². The fourth-order valence-corrected chi connectivity index (χ4v) is 3.03. The molecule has 0 aliphatic carbocycles. The lowest BCUT2D eigenvalue weighted by Crippen LogP contribution is -2.44. The third-order valence-electron chi connectivity index (χ3n) is 3.68. The zero-order valence-corrected chi connectivity index (χ0v) is 15.0. The Kier molecular flexibility index (Phi) is 7.95. The van der Waals surface area contributed by atoms with Gasteiger partial charge < -0.3 is 15.4 Å². The molecule has 128 valence electrons. The summed E-state index contributed by atoms with van der Waals surface area (Å²) in [5.74, 6) is 0.811. The maximum Gasteiger partial charge on any atom is 0.191 e. The Morgan fingerprint density at radius 3 is 2.43 bits per heavy atom. The third-order valence-corrected chi connectivity index (χ3v) is 4.11. The molecular formula is C16H24Cl2N4O. The number of halogens is 2. The molecule has 1 aromatic rings. The summed E-state index contributed by atoms with van der Waals surface area (Å²) in [7, 11) is 1.78. The largest absolute Gasteiger partial charge is 0.379 e. The maximum absolute atomic E-state index is 6.01. The van der Waals surface area contributed by atoms with Crippen LogP contribution in [0.15, 0.2) is 23.2 Å². The smallest absolute Gasteiger partial charge is 0.191 e. The Labute approximate surface area is 148 Å². The number of nitrogens with one attached hydrogen (secondary N) is 2. The summed E-state index contributed by atoms with van der Waals surface area (Å²) in [5.41, 5.74) is 1.11. The van der Waals surface area contributed by atoms with Crippen LogP contribution >= 0.6 is 23.2 Å². The zero-order chi connectivity index (χ0) is 16.5. The second-order valence-corrected chi connectivity index (χ2v) is 6.28. The second kappa shape index (κ2) is 9.98. The summed E-state index contributed by atoms with van der Waals surface area (Å²) >= 11 is 12.0. The van der Waals surface area contributed by atoms with Crippen molar-refractivity contribution in [1.29, 1.82) is 0 Å². The average Bonchev–Trinajstić information content (AvgIpc) is 2.53. The quantitative estimate of drug-likeness (QED) is 0.603. The van der Waals surface area contributed by atoms with Crippen molar-refractivity contribution in [3.63, 3.8) is 0 Å². The predicted octanol–water partition coefficient (Wildman–Crippen LogP) is 2.03. The van der Waals surface area contributed by atoms with Gasteiger partial charge in [-0.2, -0.15) is 0 Å². The molecule has 0 amide bonds. The number of aliphatic imine (C=N–C) groups is 1. The van der Waals surface area contributed by atoms with Gasteiger partial charge in [0, 0.05) is 49.8 Å². The Bertz CT molecular complexity index is 499. The molecule has 5 nitrogen and oxygen atoms in total. The number of rotatable bonds is 6. The second-order valence-electron chi connectivity index (χ2n) is 5.41. The van der Waals surface area contributed by atoms with Gasteiger partial charge in [-0.15, -0.1) is 0 Å². The van der Waals surface area contributed by atoms with Crippen LogP contribution in [0.3, 0.4) is 0 Å². The van der Waals surface area contributed by atoms with Crippen LogP contribution in [0.2, 0.25) is 10.0 Å². The first-order chi connectivity index (χ1) is 11.2. The van der Waals surface area contributed by atoms with E-state index in [0.717, 1.165) is 63.9 Å². The fraction of sp³-hybridized carbons (Fsp3) is 0.562. The Morgan fingerprint density at radius 2 is 1.78 bits per heavy atom. The van der Waals surface area contributed by atoms with Gasteiger partial charge in [-0.05, 0) is 30.2 Å². The van der Waals surface area contributed by atoms with E-state index >= 15 is 0 Å². The minimum absolute atomic E-state index is 0.667. The number of nitrogens with zero attached hydrogens (tertiary/aromatic N) is 2. The lowest BCUT2D eigenvalue weighted by Gasteiger charge is -2.26. The van der Waals surface area contributed by atoms with E-state index in [1.807, 2.05) is 12.1 Å². The predicted molar refractivity (Wildman–Crippen MR) is 96.8 cm³/mol. The normalized spacial score (nSPS) is 16.4. The van der Waals surface area contributed by atoms with Crippen LogP contribution in [0.4, 0.5) is 0 Å². The summed E-state index contributed by atoms with van der Waals surface area (Å²) < 4.78 is 5.34. The number of ether oxygens (including phenoxy) is 1. The molecule has 0 saturated carbocycles. The molecule has 7 heteroatoms. The standard InChI is InChI=1S/C16H24Cl2N4O/c1-19-16(21-4-5-22-6-8-23-9-7-22)20-3-2-13-10-14(17)12-15(18)11-13/h10-12H,2-9H2,1H3,(H2,19,20,21). The van der Waals surface area contributed by atoms with Crippen molar-refractivity contribution in [2.75, 3.05) is 53.0 Å². The lowest BCUT2D eigenvalue weighted by molar-refractivity contribution is 0.0389. The van der Waals surface area contributed by atoms with Gasteiger partial charge in [-0.3, -0.25) is 9.89 Å². The molecule has 1 aliphatic rings. The van der Waals surface area contributed by atoms with Crippen molar-refractivity contribution in [1.82, 2.24) is 15.5 Å². The molecule has 0 radical (unpaired) electrons. The van der Waals surface area contributed by atoms with Crippen LogP contribution in [0.5, 0.6) is 0 Å². The van der Waals surface area contributed by atoms with Gasteiger partial charge >= 0.3 is 0 Å². The molecule has 0 bridgehead atoms. The zero-order valence-electron chi connectivity index (χ0n) is 13.4. The van der Waals surface area contributed by atoms with Crippen LogP contribution in [0.1, 0.15) is 5.56 Å². The van der Waals surface area contributed by atoms with Crippen LogP contribution in [-0.4, -0.2) is 63.8 Å². The summed E-state index contributed by atoms with van der Waals surface area (Å²) in [6.07, 6.45) is 0.838. The van der Waals surface area contributed by atoms with Crippen molar-refractivity contribution in [3.8, 4) is 0 Å². The first-order valence-corrected chi connectivity index (χ1v) is 8.62. The lowest BCUT2D eigenvalue weighted by atomic mass is 10.1. The molecule has 0 unspecified atom stereocenters. The van der Waals surface area contributed by atoms with Gasteiger partial charge in [-0.25, -0.2) is 0 Å². The van der Waals surface area contributed by atoms with Crippen molar-refractivity contribution in [2.24, 2.45) is 4.99 Å². The van der Waals surface area contributed by atoms with E-state index in [9.17, 15) is 0 Å². The highest BCUT2D eigenvalue weighted by Crippen LogP contribution is 2.19. The first-order valence-electron chi connectivity index (χ1n) is 7.87. The monoisotopic (exact) mass is 358 g/mol. The highest BCUT2D eigenvalue weighted by Gasteiger charge is 2.09. The molecular weight excluding hydrogens is 335 g/mol. The van der Waals surface area contributed by atoms with E-state index in [1.54, 1.807) is 13.1 Å². The van der Waals surface area contributed by atoms with Gasteiger partial charge in [0.05, 0.1) is 13.2 Å². The molecule has 2 N–H and O–H groups in total. The van der Waals surface area contributed by atoms with Crippen molar-refractivity contribution in [3.05, 3.63) is 33.8 Å². The number of guanidine groups is 1. The molecule has 23 heavy (non-hydrogen) atoms. The van der Waals surface area contributed by atoms with Crippen molar-refractivity contribution >= 4 is 29.2 Å². The summed E-state index contributed by atoms with van der Waals surface area (Å²) in [4.78, 5) is 6.62. The maximum atomic E-state index is 6.01. The van der Waals surface area contributed by atoms with Gasteiger partial charge in [-0.1, -0.05) is 23.2 Å². The van der Waals surface area contributed by atoms with E-state index in [-0.39, 0.29) is 0 Å². The van der Waals surface area contributed by atoms with Crippen molar-refractivity contribution < 1.29 is 4.74 Å². The minimum Gasteiger partial charge on any atom is -0.379 e. The van der Waals surface area contributed by atoms with Crippen LogP contribution in [0, 0.1) is 0 Å². The number of hydrogen-bond donors (Lipinski definition) is 2.